The number of carbonyl (C=O) groups excluding carboxylic acids is 3. The van der Waals surface area contributed by atoms with Gasteiger partial charge in [0.2, 0.25) is 0 Å². The maximum Gasteiger partial charge on any atom is 0.261 e. The molecule has 0 aromatic heterocycles. The summed E-state index contributed by atoms with van der Waals surface area (Å²) in [6, 6.07) is 12.8. The molecule has 0 radical (unpaired) electrons. The van der Waals surface area contributed by atoms with Gasteiger partial charge in [0, 0.05) is 25.2 Å². The lowest BCUT2D eigenvalue weighted by Gasteiger charge is -2.17. The van der Waals surface area contributed by atoms with Crippen molar-refractivity contribution in [2.45, 2.75) is 25.9 Å². The van der Waals surface area contributed by atoms with E-state index in [9.17, 15) is 14.4 Å². The Morgan fingerprint density at radius 2 is 1.70 bits per heavy atom. The Bertz CT molecular complexity index is 1010. The summed E-state index contributed by atoms with van der Waals surface area (Å²) in [5.74, 6) is -1.01. The van der Waals surface area contributed by atoms with Gasteiger partial charge in [-0.2, -0.15) is 0 Å². The van der Waals surface area contributed by atoms with Crippen molar-refractivity contribution in [1.29, 1.82) is 0 Å². The minimum absolute atomic E-state index is 0.154. The molecule has 1 N–H and O–H groups in total. The molecule has 2 heterocycles. The van der Waals surface area contributed by atoms with E-state index in [4.69, 9.17) is 0 Å². The molecule has 1 saturated heterocycles. The Hall–Kier alpha value is -3.25. The first-order valence-corrected chi connectivity index (χ1v) is 10.3. The Morgan fingerprint density at radius 3 is 2.43 bits per heavy atom. The predicted octanol–water partition coefficient (Wildman–Crippen LogP) is 2.99. The van der Waals surface area contributed by atoms with Gasteiger partial charge in [0.15, 0.2) is 0 Å². The number of nitrogens with one attached hydrogen (secondary N) is 1. The highest BCUT2D eigenvalue weighted by Gasteiger charge is 2.35. The molecule has 6 heteroatoms. The number of amides is 3. The Morgan fingerprint density at radius 1 is 1.00 bits per heavy atom. The lowest BCUT2D eigenvalue weighted by molar-refractivity contribution is 0.0672. The normalized spacial score (nSPS) is 16.1. The SMILES string of the molecule is C=CCN1C(=O)c2ccc(C(=O)NCc3ccccc3CN3CCCC3)cc2C1=O. The van der Waals surface area contributed by atoms with E-state index >= 15 is 0 Å². The van der Waals surface area contributed by atoms with Gasteiger partial charge in [0.05, 0.1) is 11.1 Å². The molecule has 0 unspecified atom stereocenters. The van der Waals surface area contributed by atoms with Gasteiger partial charge in [0.25, 0.3) is 17.7 Å². The van der Waals surface area contributed by atoms with Crippen LogP contribution in [0.3, 0.4) is 0 Å². The van der Waals surface area contributed by atoms with Crippen LogP contribution in [0.1, 0.15) is 55.0 Å². The molecule has 0 aliphatic carbocycles. The van der Waals surface area contributed by atoms with E-state index in [1.807, 2.05) is 18.2 Å². The van der Waals surface area contributed by atoms with Crippen molar-refractivity contribution in [3.63, 3.8) is 0 Å². The summed E-state index contributed by atoms with van der Waals surface area (Å²) < 4.78 is 0. The van der Waals surface area contributed by atoms with Gasteiger partial charge in [0.1, 0.15) is 0 Å². The van der Waals surface area contributed by atoms with Gasteiger partial charge in [-0.25, -0.2) is 0 Å². The quantitative estimate of drug-likeness (QED) is 0.570. The smallest absolute Gasteiger partial charge is 0.261 e. The van der Waals surface area contributed by atoms with Crippen LogP contribution in [0, 0.1) is 0 Å². The summed E-state index contributed by atoms with van der Waals surface area (Å²) in [5, 5.41) is 2.95. The van der Waals surface area contributed by atoms with E-state index in [1.165, 1.54) is 30.5 Å². The molecule has 0 saturated carbocycles. The molecular formula is C24H25N3O3. The first kappa shape index (κ1) is 20.0. The Labute approximate surface area is 176 Å². The molecule has 2 aromatic carbocycles. The van der Waals surface area contributed by atoms with Crippen LogP contribution in [0.15, 0.2) is 55.1 Å². The number of carbonyl (C=O) groups is 3. The molecule has 0 atom stereocenters. The van der Waals surface area contributed by atoms with Gasteiger partial charge >= 0.3 is 0 Å². The molecule has 154 valence electrons. The van der Waals surface area contributed by atoms with Crippen LogP contribution in [0.5, 0.6) is 0 Å². The van der Waals surface area contributed by atoms with Gasteiger partial charge in [-0.05, 0) is 55.3 Å². The van der Waals surface area contributed by atoms with Crippen molar-refractivity contribution in [2.24, 2.45) is 0 Å². The highest BCUT2D eigenvalue weighted by molar-refractivity contribution is 6.22. The van der Waals surface area contributed by atoms with Crippen LogP contribution >= 0.6 is 0 Å². The lowest BCUT2D eigenvalue weighted by Crippen LogP contribution is -2.29. The fourth-order valence-corrected chi connectivity index (χ4v) is 4.07. The Kier molecular flexibility index (Phi) is 5.77. The first-order chi connectivity index (χ1) is 14.6. The third-order valence-electron chi connectivity index (χ3n) is 5.69. The van der Waals surface area contributed by atoms with Gasteiger partial charge in [-0.1, -0.05) is 30.3 Å². The van der Waals surface area contributed by atoms with Gasteiger partial charge in [-0.15, -0.1) is 6.58 Å². The largest absolute Gasteiger partial charge is 0.348 e. The van der Waals surface area contributed by atoms with Crippen molar-refractivity contribution in [3.8, 4) is 0 Å². The second kappa shape index (κ2) is 8.63. The van der Waals surface area contributed by atoms with E-state index < -0.39 is 0 Å². The molecule has 4 rings (SSSR count). The molecule has 2 aliphatic rings. The number of hydrogen-bond donors (Lipinski definition) is 1. The zero-order valence-electron chi connectivity index (χ0n) is 16.9. The third-order valence-corrected chi connectivity index (χ3v) is 5.69. The van der Waals surface area contributed by atoms with Crippen molar-refractivity contribution < 1.29 is 14.4 Å². The van der Waals surface area contributed by atoms with Gasteiger partial charge in [-0.3, -0.25) is 24.2 Å². The minimum atomic E-state index is -0.388. The number of imide groups is 1. The number of hydrogen-bond acceptors (Lipinski definition) is 4. The summed E-state index contributed by atoms with van der Waals surface area (Å²) in [6.45, 7) is 7.27. The summed E-state index contributed by atoms with van der Waals surface area (Å²) >= 11 is 0. The summed E-state index contributed by atoms with van der Waals surface area (Å²) in [6.07, 6.45) is 3.99. The predicted molar refractivity (Wildman–Crippen MR) is 114 cm³/mol. The average Bonchev–Trinajstić information content (AvgIpc) is 3.35. The second-order valence-corrected chi connectivity index (χ2v) is 7.70. The maximum atomic E-state index is 12.7. The monoisotopic (exact) mass is 403 g/mol. The highest BCUT2D eigenvalue weighted by Crippen LogP contribution is 2.24. The van der Waals surface area contributed by atoms with E-state index in [0.29, 0.717) is 17.7 Å². The van der Waals surface area contributed by atoms with E-state index in [2.05, 4.69) is 22.9 Å². The van der Waals surface area contributed by atoms with Gasteiger partial charge < -0.3 is 5.32 Å². The molecule has 0 spiro atoms. The fraction of sp³-hybridized carbons (Fsp3) is 0.292. The topological polar surface area (TPSA) is 69.7 Å². The van der Waals surface area contributed by atoms with Crippen molar-refractivity contribution in [3.05, 3.63) is 82.9 Å². The summed E-state index contributed by atoms with van der Waals surface area (Å²) in [5.41, 5.74) is 3.27. The lowest BCUT2D eigenvalue weighted by atomic mass is 10.0. The van der Waals surface area contributed by atoms with Crippen LogP contribution in [-0.2, 0) is 13.1 Å². The zero-order valence-corrected chi connectivity index (χ0v) is 16.9. The summed E-state index contributed by atoms with van der Waals surface area (Å²) in [4.78, 5) is 41.1. The molecule has 30 heavy (non-hydrogen) atoms. The van der Waals surface area contributed by atoms with Crippen LogP contribution in [0.4, 0.5) is 0 Å². The van der Waals surface area contributed by atoms with E-state index in [1.54, 1.807) is 12.1 Å². The van der Waals surface area contributed by atoms with Crippen LogP contribution in [0.25, 0.3) is 0 Å². The molecule has 1 fully saturated rings. The zero-order chi connectivity index (χ0) is 21.1. The molecule has 6 nitrogen and oxygen atoms in total. The molecule has 2 aromatic rings. The van der Waals surface area contributed by atoms with Crippen LogP contribution in [0.2, 0.25) is 0 Å². The first-order valence-electron chi connectivity index (χ1n) is 10.3. The highest BCUT2D eigenvalue weighted by atomic mass is 16.2. The average molecular weight is 403 g/mol. The number of likely N-dealkylation sites (tertiary alicyclic amines) is 1. The van der Waals surface area contributed by atoms with Crippen molar-refractivity contribution in [2.75, 3.05) is 19.6 Å². The summed E-state index contributed by atoms with van der Waals surface area (Å²) in [7, 11) is 0. The number of fused-ring (bicyclic) bond motifs is 1. The maximum absolute atomic E-state index is 12.7. The molecule has 0 bridgehead atoms. The van der Waals surface area contributed by atoms with Crippen LogP contribution in [-0.4, -0.2) is 47.2 Å². The van der Waals surface area contributed by atoms with Crippen molar-refractivity contribution >= 4 is 17.7 Å². The van der Waals surface area contributed by atoms with Crippen LogP contribution < -0.4 is 5.32 Å². The Balaban J connectivity index is 1.45. The third kappa shape index (κ3) is 3.91. The van der Waals surface area contributed by atoms with Crippen molar-refractivity contribution in [1.82, 2.24) is 15.1 Å². The standard InChI is InChI=1S/C24H25N3O3/c1-2-11-27-23(29)20-10-9-17(14-21(20)24(27)30)22(28)25-15-18-7-3-4-8-19(18)16-26-12-5-6-13-26/h2-4,7-10,14H,1,5-6,11-13,15-16H2,(H,25,28). The number of rotatable bonds is 7. The fourth-order valence-electron chi connectivity index (χ4n) is 4.07. The number of benzene rings is 2. The minimum Gasteiger partial charge on any atom is -0.348 e. The molecular weight excluding hydrogens is 378 g/mol. The number of nitrogens with zero attached hydrogens (tertiary/aromatic N) is 2. The second-order valence-electron chi connectivity index (χ2n) is 7.70. The molecule has 3 amide bonds. The molecule has 2 aliphatic heterocycles. The van der Waals surface area contributed by atoms with E-state index in [-0.39, 0.29) is 29.8 Å². The van der Waals surface area contributed by atoms with E-state index in [0.717, 1.165) is 30.1 Å².